The van der Waals surface area contributed by atoms with E-state index in [-0.39, 0.29) is 0 Å². The molecule has 50 heavy (non-hydrogen) atoms. The first-order valence-corrected chi connectivity index (χ1v) is 22.6. The molecule has 0 aliphatic rings. The molecule has 2 unspecified atom stereocenters. The van der Waals surface area contributed by atoms with Crippen molar-refractivity contribution < 1.29 is 9.47 Å². The lowest BCUT2D eigenvalue weighted by molar-refractivity contribution is 0.221. The fraction of sp³-hybridized carbons (Fsp3) is 0.650. The lowest BCUT2D eigenvalue weighted by Gasteiger charge is -2.22. The lowest BCUT2D eigenvalue weighted by Crippen LogP contribution is -2.14. The van der Waals surface area contributed by atoms with E-state index in [0.717, 1.165) is 62.0 Å². The number of unbranched alkanes of at least 4 members (excludes halogenated alkanes) is 8. The van der Waals surface area contributed by atoms with Gasteiger partial charge in [-0.2, -0.15) is 0 Å². The van der Waals surface area contributed by atoms with E-state index < -0.39 is 0 Å². The van der Waals surface area contributed by atoms with Crippen LogP contribution in [-0.2, 0) is 0 Å². The van der Waals surface area contributed by atoms with Gasteiger partial charge in [0, 0.05) is 0 Å². The Hall–Kier alpha value is -2.14. The Labute approximate surface area is 316 Å². The van der Waals surface area contributed by atoms with Gasteiger partial charge in [-0.3, -0.25) is 0 Å². The molecule has 0 fully saturated rings. The second kappa shape index (κ2) is 20.2. The molecule has 0 aliphatic carbocycles. The summed E-state index contributed by atoms with van der Waals surface area (Å²) < 4.78 is 13.8. The molecule has 0 amide bonds. The van der Waals surface area contributed by atoms with Gasteiger partial charge < -0.3 is 9.47 Å². The van der Waals surface area contributed by atoms with Crippen molar-refractivity contribution in [3.05, 3.63) is 22.1 Å². The molecule has 5 rings (SSSR count). The van der Waals surface area contributed by atoms with Crippen LogP contribution in [0.4, 0.5) is 0 Å². The topological polar surface area (TPSA) is 70.0 Å². The van der Waals surface area contributed by atoms with Crippen LogP contribution in [0.3, 0.4) is 0 Å². The van der Waals surface area contributed by atoms with E-state index in [4.69, 9.17) is 29.4 Å². The first-order chi connectivity index (χ1) is 24.4. The number of thiazole rings is 4. The maximum absolute atomic E-state index is 6.91. The molecular formula is C40H58N4O2S4. The van der Waals surface area contributed by atoms with Crippen molar-refractivity contribution in [1.29, 1.82) is 0 Å². The Morgan fingerprint density at radius 2 is 0.860 bits per heavy atom. The third-order valence-corrected chi connectivity index (χ3v) is 13.5. The number of hydrogen-bond acceptors (Lipinski definition) is 10. The van der Waals surface area contributed by atoms with Crippen LogP contribution in [0.5, 0.6) is 11.5 Å². The van der Waals surface area contributed by atoms with E-state index in [1.807, 2.05) is 0 Å². The number of hydrogen-bond donors (Lipinski definition) is 0. The molecule has 2 atom stereocenters. The fourth-order valence-corrected chi connectivity index (χ4v) is 10.5. The van der Waals surface area contributed by atoms with Gasteiger partial charge in [0.15, 0.2) is 19.3 Å². The minimum absolute atomic E-state index is 0.535. The highest BCUT2D eigenvalue weighted by Crippen LogP contribution is 2.46. The summed E-state index contributed by atoms with van der Waals surface area (Å²) in [6, 6.07) is 4.40. The van der Waals surface area contributed by atoms with E-state index in [2.05, 4.69) is 53.7 Å². The Balaban J connectivity index is 1.52. The highest BCUT2D eigenvalue weighted by Gasteiger charge is 2.24. The monoisotopic (exact) mass is 754 g/mol. The summed E-state index contributed by atoms with van der Waals surface area (Å²) in [5, 5.41) is 3.98. The average molecular weight is 755 g/mol. The SMILES string of the molecule is CCCCCCC(CCCC)COc1cc(-c2nc3sc(C)nc3s2)c(OCC(CCCC)CCCCCC)cc1-c1nc2sc(C)nc2s1. The van der Waals surface area contributed by atoms with Crippen LogP contribution in [0, 0.1) is 25.7 Å². The average Bonchev–Trinajstić information content (AvgIpc) is 3.86. The molecule has 0 bridgehead atoms. The number of aryl methyl sites for hydroxylation is 2. The normalized spacial score (nSPS) is 13.1. The van der Waals surface area contributed by atoms with Crippen LogP contribution in [0.15, 0.2) is 12.1 Å². The molecule has 0 saturated carbocycles. The smallest absolute Gasteiger partial charge is 0.155 e. The van der Waals surface area contributed by atoms with Gasteiger partial charge in [0.25, 0.3) is 0 Å². The van der Waals surface area contributed by atoms with Gasteiger partial charge in [0.1, 0.15) is 21.5 Å². The number of nitrogens with zero attached hydrogens (tertiary/aromatic N) is 4. The maximum atomic E-state index is 6.91. The summed E-state index contributed by atoms with van der Waals surface area (Å²) in [6.45, 7) is 14.7. The van der Waals surface area contributed by atoms with Gasteiger partial charge in [-0.25, -0.2) is 19.9 Å². The highest BCUT2D eigenvalue weighted by atomic mass is 32.1. The Morgan fingerprint density at radius 1 is 0.480 bits per heavy atom. The minimum atomic E-state index is 0.535. The van der Waals surface area contributed by atoms with Crippen LogP contribution in [0.1, 0.15) is 140 Å². The number of ether oxygens (including phenoxy) is 2. The van der Waals surface area contributed by atoms with Gasteiger partial charge in [-0.15, -0.1) is 0 Å². The Bertz CT molecular complexity index is 1550. The molecule has 6 nitrogen and oxygen atoms in total. The molecule has 1 aromatic carbocycles. The summed E-state index contributed by atoms with van der Waals surface area (Å²) in [4.78, 5) is 23.7. The number of fused-ring (bicyclic) bond motifs is 2. The minimum Gasteiger partial charge on any atom is -0.493 e. The van der Waals surface area contributed by atoms with Crippen molar-refractivity contribution in [3.8, 4) is 32.6 Å². The first-order valence-electron chi connectivity index (χ1n) is 19.3. The van der Waals surface area contributed by atoms with Crippen molar-refractivity contribution in [2.45, 2.75) is 144 Å². The van der Waals surface area contributed by atoms with Crippen molar-refractivity contribution in [1.82, 2.24) is 19.9 Å². The maximum Gasteiger partial charge on any atom is 0.155 e. The van der Waals surface area contributed by atoms with E-state index in [9.17, 15) is 0 Å². The third kappa shape index (κ3) is 10.9. The van der Waals surface area contributed by atoms with Gasteiger partial charge >= 0.3 is 0 Å². The predicted octanol–water partition coefficient (Wildman–Crippen LogP) is 14.1. The summed E-state index contributed by atoms with van der Waals surface area (Å²) in [5.41, 5.74) is 1.99. The van der Waals surface area contributed by atoms with Gasteiger partial charge in [0.05, 0.1) is 34.4 Å². The standard InChI is InChI=1S/C40H58N4O2S4/c1-7-11-15-17-21-29(19-13-9-3)25-45-33-23-32(36-44-40-38(50-36)42-28(6)48-40)34(46-26-30(20-14-10-4)22-18-16-12-8-2)24-31(33)35-43-39-37(49-35)41-27(5)47-39/h23-24,29-30H,7-22,25-26H2,1-6H3. The van der Waals surface area contributed by atoms with Gasteiger partial charge in [-0.05, 0) is 63.5 Å². The molecule has 0 N–H and O–H groups in total. The summed E-state index contributed by atoms with van der Waals surface area (Å²) in [5.74, 6) is 2.80. The molecule has 10 heteroatoms. The van der Waals surface area contributed by atoms with Crippen LogP contribution in [0.2, 0.25) is 0 Å². The van der Waals surface area contributed by atoms with Gasteiger partial charge in [-0.1, -0.05) is 150 Å². The largest absolute Gasteiger partial charge is 0.493 e. The molecule has 0 saturated heterocycles. The summed E-state index contributed by atoms with van der Waals surface area (Å²) >= 11 is 6.62. The van der Waals surface area contributed by atoms with E-state index in [1.54, 1.807) is 45.3 Å². The number of aromatic nitrogens is 4. The van der Waals surface area contributed by atoms with Crippen molar-refractivity contribution in [2.24, 2.45) is 11.8 Å². The second-order valence-corrected chi connectivity index (χ2v) is 18.2. The zero-order valence-corrected chi connectivity index (χ0v) is 34.5. The van der Waals surface area contributed by atoms with Crippen LogP contribution >= 0.6 is 45.3 Å². The van der Waals surface area contributed by atoms with E-state index in [1.165, 1.54) is 103 Å². The van der Waals surface area contributed by atoms with Crippen molar-refractivity contribution in [3.63, 3.8) is 0 Å². The lowest BCUT2D eigenvalue weighted by atomic mass is 9.96. The fourth-order valence-electron chi connectivity index (χ4n) is 6.59. The molecule has 0 spiro atoms. The zero-order valence-electron chi connectivity index (χ0n) is 31.3. The summed E-state index contributed by atoms with van der Waals surface area (Å²) in [7, 11) is 0. The quantitative estimate of drug-likeness (QED) is 0.0584. The Morgan fingerprint density at radius 3 is 1.24 bits per heavy atom. The number of benzene rings is 1. The summed E-state index contributed by atoms with van der Waals surface area (Å²) in [6.07, 6.45) is 20.0. The highest BCUT2D eigenvalue weighted by molar-refractivity contribution is 7.28. The molecule has 4 heterocycles. The first kappa shape index (κ1) is 39.1. The third-order valence-electron chi connectivity index (χ3n) is 9.52. The van der Waals surface area contributed by atoms with Gasteiger partial charge in [0.2, 0.25) is 0 Å². The molecular weight excluding hydrogens is 697 g/mol. The van der Waals surface area contributed by atoms with Crippen LogP contribution in [0.25, 0.3) is 40.5 Å². The second-order valence-electron chi connectivity index (χ2n) is 13.9. The van der Waals surface area contributed by atoms with Crippen molar-refractivity contribution in [2.75, 3.05) is 13.2 Å². The molecule has 4 aromatic heterocycles. The molecule has 0 radical (unpaired) electrons. The van der Waals surface area contributed by atoms with E-state index in [0.29, 0.717) is 25.0 Å². The molecule has 5 aromatic rings. The molecule has 274 valence electrons. The Kier molecular flexibility index (Phi) is 15.8. The molecule has 0 aliphatic heterocycles. The number of rotatable bonds is 24. The van der Waals surface area contributed by atoms with Crippen LogP contribution < -0.4 is 9.47 Å². The predicted molar refractivity (Wildman–Crippen MR) is 219 cm³/mol. The van der Waals surface area contributed by atoms with E-state index >= 15 is 0 Å². The zero-order chi connectivity index (χ0) is 35.3. The van der Waals surface area contributed by atoms with Crippen molar-refractivity contribution >= 4 is 64.7 Å². The van der Waals surface area contributed by atoms with Crippen LogP contribution in [-0.4, -0.2) is 33.1 Å².